The van der Waals surface area contributed by atoms with Crippen LogP contribution in [0, 0.1) is 0 Å². The molecular formula is C11H24N2O2. The smallest absolute Gasteiger partial charge is 0.320 e. The van der Waals surface area contributed by atoms with Crippen molar-refractivity contribution in [1.29, 1.82) is 0 Å². The molecular weight excluding hydrogens is 192 g/mol. The maximum Gasteiger partial charge on any atom is 0.320 e. The zero-order valence-electron chi connectivity index (χ0n) is 10.1. The van der Waals surface area contributed by atoms with Crippen LogP contribution in [-0.4, -0.2) is 49.2 Å². The molecule has 0 rings (SSSR count). The molecule has 0 radical (unpaired) electrons. The van der Waals surface area contributed by atoms with Gasteiger partial charge in [0.15, 0.2) is 0 Å². The lowest BCUT2D eigenvalue weighted by Gasteiger charge is -2.15. The summed E-state index contributed by atoms with van der Waals surface area (Å²) in [6.45, 7) is 3.84. The molecule has 0 fully saturated rings. The number of hydrogen-bond acceptors (Lipinski definition) is 3. The van der Waals surface area contributed by atoms with E-state index < -0.39 is 5.97 Å². The van der Waals surface area contributed by atoms with Gasteiger partial charge in [-0.3, -0.25) is 4.79 Å². The van der Waals surface area contributed by atoms with Crippen molar-refractivity contribution in [3.05, 3.63) is 0 Å². The molecule has 0 aliphatic carbocycles. The Kier molecular flexibility index (Phi) is 8.33. The van der Waals surface area contributed by atoms with Crippen LogP contribution in [-0.2, 0) is 4.79 Å². The molecule has 0 saturated heterocycles. The fraction of sp³-hybridized carbons (Fsp3) is 0.909. The lowest BCUT2D eigenvalue weighted by Crippen LogP contribution is -2.37. The molecule has 15 heavy (non-hydrogen) atoms. The molecule has 1 atom stereocenters. The van der Waals surface area contributed by atoms with Gasteiger partial charge in [-0.05, 0) is 40.0 Å². The Labute approximate surface area is 92.7 Å². The summed E-state index contributed by atoms with van der Waals surface area (Å²) in [7, 11) is 4.04. The molecule has 0 amide bonds. The minimum Gasteiger partial charge on any atom is -0.480 e. The minimum atomic E-state index is -0.728. The van der Waals surface area contributed by atoms with Gasteiger partial charge in [-0.2, -0.15) is 0 Å². The van der Waals surface area contributed by atoms with Crippen molar-refractivity contribution in [2.45, 2.75) is 38.6 Å². The molecule has 0 aromatic rings. The molecule has 2 N–H and O–H groups in total. The van der Waals surface area contributed by atoms with Crippen LogP contribution in [0.25, 0.3) is 0 Å². The maximum atomic E-state index is 10.9. The van der Waals surface area contributed by atoms with Gasteiger partial charge in [-0.15, -0.1) is 0 Å². The predicted octanol–water partition coefficient (Wildman–Crippen LogP) is 1.17. The van der Waals surface area contributed by atoms with Gasteiger partial charge in [0, 0.05) is 0 Å². The van der Waals surface area contributed by atoms with Gasteiger partial charge in [0.05, 0.1) is 0 Å². The Morgan fingerprint density at radius 3 is 2.53 bits per heavy atom. The quantitative estimate of drug-likeness (QED) is 0.568. The van der Waals surface area contributed by atoms with E-state index in [-0.39, 0.29) is 6.04 Å². The van der Waals surface area contributed by atoms with E-state index in [1.807, 2.05) is 14.1 Å². The third kappa shape index (κ3) is 8.39. The van der Waals surface area contributed by atoms with E-state index in [4.69, 9.17) is 5.11 Å². The first-order valence-electron chi connectivity index (χ1n) is 5.68. The van der Waals surface area contributed by atoms with Gasteiger partial charge < -0.3 is 15.3 Å². The van der Waals surface area contributed by atoms with Crippen molar-refractivity contribution >= 4 is 5.97 Å². The Hall–Kier alpha value is -0.610. The third-order valence-corrected chi connectivity index (χ3v) is 2.32. The lowest BCUT2D eigenvalue weighted by atomic mass is 10.1. The van der Waals surface area contributed by atoms with Crippen LogP contribution in [0.3, 0.4) is 0 Å². The molecule has 4 heteroatoms. The summed E-state index contributed by atoms with van der Waals surface area (Å²) in [6.07, 6.45) is 3.73. The molecule has 0 aliphatic rings. The van der Waals surface area contributed by atoms with Gasteiger partial charge in [0.25, 0.3) is 0 Å². The Morgan fingerprint density at radius 1 is 1.40 bits per heavy atom. The summed E-state index contributed by atoms with van der Waals surface area (Å²) in [5.41, 5.74) is 0. The number of carboxylic acids is 1. The van der Waals surface area contributed by atoms with E-state index in [1.165, 1.54) is 0 Å². The monoisotopic (exact) mass is 216 g/mol. The number of hydrogen-bond donors (Lipinski definition) is 2. The molecule has 1 unspecified atom stereocenters. The highest BCUT2D eigenvalue weighted by Gasteiger charge is 2.14. The first kappa shape index (κ1) is 14.4. The molecule has 90 valence electrons. The average molecular weight is 216 g/mol. The summed E-state index contributed by atoms with van der Waals surface area (Å²) in [5.74, 6) is -0.728. The summed E-state index contributed by atoms with van der Waals surface area (Å²) in [5, 5.41) is 12.0. The Balaban J connectivity index is 3.62. The Bertz CT molecular complexity index is 172. The largest absolute Gasteiger partial charge is 0.480 e. The fourth-order valence-electron chi connectivity index (χ4n) is 1.39. The van der Waals surface area contributed by atoms with Crippen LogP contribution < -0.4 is 5.32 Å². The van der Waals surface area contributed by atoms with Crippen molar-refractivity contribution in [3.63, 3.8) is 0 Å². The zero-order chi connectivity index (χ0) is 11.7. The number of nitrogens with one attached hydrogen (secondary N) is 1. The van der Waals surface area contributed by atoms with Crippen LogP contribution in [0.5, 0.6) is 0 Å². The lowest BCUT2D eigenvalue weighted by molar-refractivity contribution is -0.139. The molecule has 0 saturated carbocycles. The van der Waals surface area contributed by atoms with Crippen LogP contribution in [0.4, 0.5) is 0 Å². The van der Waals surface area contributed by atoms with Crippen molar-refractivity contribution in [2.24, 2.45) is 0 Å². The Morgan fingerprint density at radius 2 is 2.07 bits per heavy atom. The summed E-state index contributed by atoms with van der Waals surface area (Å²) in [6, 6.07) is -0.368. The summed E-state index contributed by atoms with van der Waals surface area (Å²) in [4.78, 5) is 13.0. The van der Waals surface area contributed by atoms with Crippen molar-refractivity contribution in [3.8, 4) is 0 Å². The highest BCUT2D eigenvalue weighted by atomic mass is 16.4. The summed E-state index contributed by atoms with van der Waals surface area (Å²) < 4.78 is 0. The number of rotatable bonds is 9. The van der Waals surface area contributed by atoms with E-state index in [1.54, 1.807) is 0 Å². The molecule has 4 nitrogen and oxygen atoms in total. The van der Waals surface area contributed by atoms with Crippen LogP contribution in [0.1, 0.15) is 32.6 Å². The fourth-order valence-corrected chi connectivity index (χ4v) is 1.39. The van der Waals surface area contributed by atoms with Gasteiger partial charge >= 0.3 is 5.97 Å². The number of carbonyl (C=O) groups is 1. The molecule has 0 aromatic carbocycles. The molecule has 0 heterocycles. The van der Waals surface area contributed by atoms with E-state index in [0.717, 1.165) is 38.8 Å². The molecule has 0 bridgehead atoms. The standard InChI is InChI=1S/C11H24N2O2/c1-4-5-7-10(11(14)15)12-8-6-9-13(2)3/h10,12H,4-9H2,1-3H3,(H,14,15). The van der Waals surface area contributed by atoms with Crippen LogP contribution in [0.15, 0.2) is 0 Å². The van der Waals surface area contributed by atoms with Gasteiger partial charge in [0.1, 0.15) is 6.04 Å². The number of nitrogens with zero attached hydrogens (tertiary/aromatic N) is 1. The third-order valence-electron chi connectivity index (χ3n) is 2.32. The normalized spacial score (nSPS) is 13.1. The molecule has 0 spiro atoms. The molecule has 0 aromatic heterocycles. The average Bonchev–Trinajstić information content (AvgIpc) is 2.15. The van der Waals surface area contributed by atoms with Gasteiger partial charge in [0.2, 0.25) is 0 Å². The second-order valence-corrected chi connectivity index (χ2v) is 4.14. The first-order valence-corrected chi connectivity index (χ1v) is 5.68. The summed E-state index contributed by atoms with van der Waals surface area (Å²) >= 11 is 0. The topological polar surface area (TPSA) is 52.6 Å². The SMILES string of the molecule is CCCCC(NCCCN(C)C)C(=O)O. The van der Waals surface area contributed by atoms with Crippen molar-refractivity contribution < 1.29 is 9.90 Å². The highest BCUT2D eigenvalue weighted by Crippen LogP contribution is 2.00. The second-order valence-electron chi connectivity index (χ2n) is 4.14. The van der Waals surface area contributed by atoms with Crippen LogP contribution in [0.2, 0.25) is 0 Å². The number of aliphatic carboxylic acids is 1. The van der Waals surface area contributed by atoms with Crippen molar-refractivity contribution in [1.82, 2.24) is 10.2 Å². The highest BCUT2D eigenvalue weighted by molar-refractivity contribution is 5.73. The maximum absolute atomic E-state index is 10.9. The van der Waals surface area contributed by atoms with Gasteiger partial charge in [-0.1, -0.05) is 19.8 Å². The molecule has 0 aliphatic heterocycles. The number of unbranched alkanes of at least 4 members (excludes halogenated alkanes) is 1. The van der Waals surface area contributed by atoms with E-state index in [0.29, 0.717) is 0 Å². The van der Waals surface area contributed by atoms with Crippen molar-refractivity contribution in [2.75, 3.05) is 27.2 Å². The second kappa shape index (κ2) is 8.68. The van der Waals surface area contributed by atoms with Crippen LogP contribution >= 0.6 is 0 Å². The van der Waals surface area contributed by atoms with Gasteiger partial charge in [-0.25, -0.2) is 0 Å². The first-order chi connectivity index (χ1) is 7.07. The van der Waals surface area contributed by atoms with E-state index in [9.17, 15) is 4.79 Å². The predicted molar refractivity (Wildman–Crippen MR) is 62.1 cm³/mol. The van der Waals surface area contributed by atoms with E-state index in [2.05, 4.69) is 17.1 Å². The number of carboxylic acid groups (broad SMARTS) is 1. The van der Waals surface area contributed by atoms with E-state index >= 15 is 0 Å². The zero-order valence-corrected chi connectivity index (χ0v) is 10.1. The minimum absolute atomic E-state index is 0.368.